The van der Waals surface area contributed by atoms with E-state index in [2.05, 4.69) is 26.2 Å². The van der Waals surface area contributed by atoms with Crippen LogP contribution in [-0.4, -0.2) is 24.1 Å². The van der Waals surface area contributed by atoms with Crippen LogP contribution in [0.5, 0.6) is 0 Å². The van der Waals surface area contributed by atoms with E-state index in [-0.39, 0.29) is 12.5 Å². The van der Waals surface area contributed by atoms with Crippen molar-refractivity contribution in [2.75, 3.05) is 18.5 Å². The molecule has 0 aromatic carbocycles. The lowest BCUT2D eigenvalue weighted by atomic mass is 10.3. The molecule has 1 aromatic heterocycles. The molecule has 0 bridgehead atoms. The summed E-state index contributed by atoms with van der Waals surface area (Å²) in [7, 11) is 0. The van der Waals surface area contributed by atoms with Crippen molar-refractivity contribution in [1.29, 1.82) is 5.26 Å². The molecule has 0 unspecified atom stereocenters. The SMILES string of the molecule is CCOC(=O)CNc1ccc(C#N)nc1Br. The number of nitrogens with zero attached hydrogens (tertiary/aromatic N) is 2. The van der Waals surface area contributed by atoms with Crippen LogP contribution in [0.3, 0.4) is 0 Å². The Morgan fingerprint density at radius 2 is 2.44 bits per heavy atom. The number of halogens is 1. The van der Waals surface area contributed by atoms with Gasteiger partial charge >= 0.3 is 5.97 Å². The van der Waals surface area contributed by atoms with Crippen molar-refractivity contribution in [2.24, 2.45) is 0 Å². The maximum atomic E-state index is 11.1. The summed E-state index contributed by atoms with van der Waals surface area (Å²) in [5.74, 6) is -0.334. The van der Waals surface area contributed by atoms with Crippen LogP contribution in [-0.2, 0) is 9.53 Å². The van der Waals surface area contributed by atoms with Gasteiger partial charge in [0.2, 0.25) is 0 Å². The highest BCUT2D eigenvalue weighted by atomic mass is 79.9. The zero-order chi connectivity index (χ0) is 12.0. The summed E-state index contributed by atoms with van der Waals surface area (Å²) in [6.07, 6.45) is 0. The van der Waals surface area contributed by atoms with Crippen molar-refractivity contribution in [1.82, 2.24) is 4.98 Å². The average molecular weight is 284 g/mol. The van der Waals surface area contributed by atoms with Crippen molar-refractivity contribution in [3.8, 4) is 6.07 Å². The van der Waals surface area contributed by atoms with Gasteiger partial charge in [-0.3, -0.25) is 4.79 Å². The van der Waals surface area contributed by atoms with Crippen LogP contribution in [0.2, 0.25) is 0 Å². The monoisotopic (exact) mass is 283 g/mol. The first-order chi connectivity index (χ1) is 7.67. The van der Waals surface area contributed by atoms with Crippen LogP contribution in [0.25, 0.3) is 0 Å². The van der Waals surface area contributed by atoms with Crippen molar-refractivity contribution in [2.45, 2.75) is 6.92 Å². The molecule has 0 atom stereocenters. The van der Waals surface area contributed by atoms with Crippen molar-refractivity contribution in [3.05, 3.63) is 22.4 Å². The molecule has 0 radical (unpaired) electrons. The lowest BCUT2D eigenvalue weighted by molar-refractivity contribution is -0.140. The first-order valence-corrected chi connectivity index (χ1v) is 5.42. The minimum Gasteiger partial charge on any atom is -0.465 e. The highest BCUT2D eigenvalue weighted by Gasteiger charge is 2.05. The molecule has 16 heavy (non-hydrogen) atoms. The highest BCUT2D eigenvalue weighted by Crippen LogP contribution is 2.19. The smallest absolute Gasteiger partial charge is 0.325 e. The molecule has 0 aliphatic rings. The Balaban J connectivity index is 2.62. The molecule has 0 spiro atoms. The van der Waals surface area contributed by atoms with Crippen molar-refractivity contribution in [3.63, 3.8) is 0 Å². The average Bonchev–Trinajstić information content (AvgIpc) is 2.27. The Morgan fingerprint density at radius 3 is 3.00 bits per heavy atom. The number of carbonyl (C=O) groups excluding carboxylic acids is 1. The fourth-order valence-corrected chi connectivity index (χ4v) is 1.47. The molecule has 0 aliphatic heterocycles. The number of nitriles is 1. The zero-order valence-electron chi connectivity index (χ0n) is 8.66. The number of nitrogens with one attached hydrogen (secondary N) is 1. The van der Waals surface area contributed by atoms with Crippen LogP contribution in [0.1, 0.15) is 12.6 Å². The third-order valence-electron chi connectivity index (χ3n) is 1.69. The fourth-order valence-electron chi connectivity index (χ4n) is 1.01. The second-order valence-electron chi connectivity index (χ2n) is 2.81. The molecule has 0 fully saturated rings. The third-order valence-corrected chi connectivity index (χ3v) is 2.30. The predicted molar refractivity (Wildman–Crippen MR) is 61.8 cm³/mol. The standard InChI is InChI=1S/C10H10BrN3O2/c1-2-16-9(15)6-13-8-4-3-7(5-12)14-10(8)11/h3-4,13H,2,6H2,1H3. The van der Waals surface area contributed by atoms with Crippen molar-refractivity contribution >= 4 is 27.6 Å². The Bertz CT molecular complexity index is 429. The van der Waals surface area contributed by atoms with Gasteiger partial charge in [0.15, 0.2) is 0 Å². The normalized spacial score (nSPS) is 9.31. The minimum atomic E-state index is -0.334. The van der Waals surface area contributed by atoms with E-state index in [9.17, 15) is 4.79 Å². The van der Waals surface area contributed by atoms with E-state index in [0.29, 0.717) is 22.6 Å². The van der Waals surface area contributed by atoms with Gasteiger partial charge in [0.1, 0.15) is 22.9 Å². The predicted octanol–water partition coefficient (Wildman–Crippen LogP) is 1.69. The zero-order valence-corrected chi connectivity index (χ0v) is 10.2. The molecule has 0 amide bonds. The first-order valence-electron chi connectivity index (χ1n) is 4.63. The number of hydrogen-bond acceptors (Lipinski definition) is 5. The van der Waals surface area contributed by atoms with E-state index < -0.39 is 0 Å². The van der Waals surface area contributed by atoms with Gasteiger partial charge in [0.05, 0.1) is 12.3 Å². The van der Waals surface area contributed by atoms with Crippen LogP contribution < -0.4 is 5.32 Å². The third kappa shape index (κ3) is 3.51. The summed E-state index contributed by atoms with van der Waals surface area (Å²) in [5, 5.41) is 11.5. The molecule has 0 saturated carbocycles. The van der Waals surface area contributed by atoms with Gasteiger partial charge in [0, 0.05) is 0 Å². The summed E-state index contributed by atoms with van der Waals surface area (Å²) in [4.78, 5) is 15.0. The number of pyridine rings is 1. The maximum Gasteiger partial charge on any atom is 0.325 e. The molecule has 84 valence electrons. The number of aromatic nitrogens is 1. The van der Waals surface area contributed by atoms with Gasteiger partial charge in [0.25, 0.3) is 0 Å². The van der Waals surface area contributed by atoms with Crippen molar-refractivity contribution < 1.29 is 9.53 Å². The van der Waals surface area contributed by atoms with Crippen LogP contribution in [0, 0.1) is 11.3 Å². The quantitative estimate of drug-likeness (QED) is 0.672. The summed E-state index contributed by atoms with van der Waals surface area (Å²) >= 11 is 3.20. The molecular weight excluding hydrogens is 274 g/mol. The van der Waals surface area contributed by atoms with Crippen LogP contribution >= 0.6 is 15.9 Å². The lowest BCUT2D eigenvalue weighted by Gasteiger charge is -2.07. The number of hydrogen-bond donors (Lipinski definition) is 1. The second-order valence-corrected chi connectivity index (χ2v) is 3.56. The molecule has 5 nitrogen and oxygen atoms in total. The number of carbonyl (C=O) groups is 1. The lowest BCUT2D eigenvalue weighted by Crippen LogP contribution is -2.17. The van der Waals surface area contributed by atoms with E-state index in [1.54, 1.807) is 19.1 Å². The summed E-state index contributed by atoms with van der Waals surface area (Å²) in [6.45, 7) is 2.17. The Morgan fingerprint density at radius 1 is 1.69 bits per heavy atom. The van der Waals surface area contributed by atoms with Gasteiger partial charge in [-0.15, -0.1) is 0 Å². The van der Waals surface area contributed by atoms with Gasteiger partial charge < -0.3 is 10.1 Å². The van der Waals surface area contributed by atoms with E-state index >= 15 is 0 Å². The van der Waals surface area contributed by atoms with Gasteiger partial charge in [-0.05, 0) is 35.0 Å². The van der Waals surface area contributed by atoms with E-state index in [1.165, 1.54) is 0 Å². The first kappa shape index (κ1) is 12.5. The van der Waals surface area contributed by atoms with E-state index in [4.69, 9.17) is 10.00 Å². The summed E-state index contributed by atoms with van der Waals surface area (Å²) < 4.78 is 5.26. The molecule has 1 heterocycles. The van der Waals surface area contributed by atoms with Gasteiger partial charge in [-0.2, -0.15) is 5.26 Å². The molecule has 1 rings (SSSR count). The summed E-state index contributed by atoms with van der Waals surface area (Å²) in [5.41, 5.74) is 0.959. The second kappa shape index (κ2) is 6.08. The van der Waals surface area contributed by atoms with Crippen LogP contribution in [0.4, 0.5) is 5.69 Å². The van der Waals surface area contributed by atoms with Crippen LogP contribution in [0.15, 0.2) is 16.7 Å². The van der Waals surface area contributed by atoms with Gasteiger partial charge in [-0.25, -0.2) is 4.98 Å². The molecule has 1 N–H and O–H groups in total. The topological polar surface area (TPSA) is 75.0 Å². The Kier molecular flexibility index (Phi) is 4.73. The number of anilines is 1. The Hall–Kier alpha value is -1.61. The molecular formula is C10H10BrN3O2. The molecule has 1 aromatic rings. The maximum absolute atomic E-state index is 11.1. The Labute approximate surface area is 102 Å². The minimum absolute atomic E-state index is 0.0695. The number of ether oxygens (including phenoxy) is 1. The van der Waals surface area contributed by atoms with E-state index in [0.717, 1.165) is 0 Å². The van der Waals surface area contributed by atoms with E-state index in [1.807, 2.05) is 6.07 Å². The fraction of sp³-hybridized carbons (Fsp3) is 0.300. The highest BCUT2D eigenvalue weighted by molar-refractivity contribution is 9.10. The number of rotatable bonds is 4. The molecule has 6 heteroatoms. The molecule has 0 saturated heterocycles. The largest absolute Gasteiger partial charge is 0.465 e. The molecule has 0 aliphatic carbocycles. The van der Waals surface area contributed by atoms with Gasteiger partial charge in [-0.1, -0.05) is 0 Å². The summed E-state index contributed by atoms with van der Waals surface area (Å²) in [6, 6.07) is 5.16. The number of esters is 1.